The summed E-state index contributed by atoms with van der Waals surface area (Å²) in [5.41, 5.74) is 9.85. The Hall–Kier alpha value is -2.06. The molecule has 25 heavy (non-hydrogen) atoms. The van der Waals surface area contributed by atoms with Crippen molar-refractivity contribution in [2.75, 3.05) is 0 Å². The van der Waals surface area contributed by atoms with Gasteiger partial charge in [0.15, 0.2) is 0 Å². The van der Waals surface area contributed by atoms with Crippen molar-refractivity contribution in [2.45, 2.75) is 64.2 Å². The van der Waals surface area contributed by atoms with Crippen LogP contribution in [-0.2, 0) is 16.0 Å². The first-order valence-electron chi connectivity index (χ1n) is 8.65. The lowest BCUT2D eigenvalue weighted by Gasteiger charge is -2.31. The molecule has 136 valence electrons. The first kappa shape index (κ1) is 21.0. The molecule has 2 amide bonds. The lowest BCUT2D eigenvalue weighted by atomic mass is 10.1. The predicted molar refractivity (Wildman–Crippen MR) is 105 cm³/mol. The van der Waals surface area contributed by atoms with E-state index in [-0.39, 0.29) is 17.4 Å². The van der Waals surface area contributed by atoms with Crippen LogP contribution in [0.2, 0.25) is 18.1 Å². The topological polar surface area (TPSA) is 72.2 Å². The molecule has 1 atom stereocenters. The van der Waals surface area contributed by atoms with Crippen LogP contribution in [0.4, 0.5) is 0 Å². The first-order valence-corrected chi connectivity index (χ1v) is 11.7. The van der Waals surface area contributed by atoms with Crippen molar-refractivity contribution in [1.29, 1.82) is 0 Å². The van der Waals surface area contributed by atoms with Crippen molar-refractivity contribution in [2.24, 2.45) is 5.73 Å². The Bertz CT molecular complexity index is 652. The van der Waals surface area contributed by atoms with Crippen LogP contribution in [0.1, 0.15) is 39.2 Å². The standard InChI is InChI=1S/C20H30N2O2Si/c1-20(2,3)25(4,5)15-9-12-17(19(21)24)22-18(23)14-13-16-10-7-6-8-11-16/h6-8,10-11,17H,12-14H2,1-5H3,(H2,21,24)(H,22,23)/t17-/m0/s1. The second-order valence-corrected chi connectivity index (χ2v) is 12.9. The third-order valence-corrected chi connectivity index (χ3v) is 9.30. The first-order chi connectivity index (χ1) is 11.5. The molecule has 3 N–H and O–H groups in total. The highest BCUT2D eigenvalue weighted by Gasteiger charge is 2.33. The molecule has 0 saturated carbocycles. The van der Waals surface area contributed by atoms with Gasteiger partial charge in [-0.2, -0.15) is 0 Å². The Kier molecular flexibility index (Phi) is 7.44. The molecule has 0 aromatic heterocycles. The molecule has 0 fully saturated rings. The van der Waals surface area contributed by atoms with E-state index in [1.807, 2.05) is 30.3 Å². The van der Waals surface area contributed by atoms with Gasteiger partial charge in [0, 0.05) is 12.8 Å². The number of primary amides is 1. The fraction of sp³-hybridized carbons (Fsp3) is 0.500. The summed E-state index contributed by atoms with van der Waals surface area (Å²) in [7, 11) is -1.73. The van der Waals surface area contributed by atoms with Gasteiger partial charge in [0.2, 0.25) is 11.8 Å². The third-order valence-electron chi connectivity index (χ3n) is 4.74. The fourth-order valence-electron chi connectivity index (χ4n) is 1.95. The van der Waals surface area contributed by atoms with Crippen LogP contribution in [0.15, 0.2) is 30.3 Å². The molecule has 0 spiro atoms. The van der Waals surface area contributed by atoms with E-state index in [0.717, 1.165) is 5.56 Å². The number of amides is 2. The maximum Gasteiger partial charge on any atom is 0.240 e. The summed E-state index contributed by atoms with van der Waals surface area (Å²) in [6.07, 6.45) is 1.22. The quantitative estimate of drug-likeness (QED) is 0.606. The van der Waals surface area contributed by atoms with Crippen LogP contribution >= 0.6 is 0 Å². The van der Waals surface area contributed by atoms with Crippen molar-refractivity contribution in [1.82, 2.24) is 5.32 Å². The number of nitrogens with one attached hydrogen (secondary N) is 1. The lowest BCUT2D eigenvalue weighted by molar-refractivity contribution is -0.127. The van der Waals surface area contributed by atoms with Crippen molar-refractivity contribution in [3.8, 4) is 11.5 Å². The summed E-state index contributed by atoms with van der Waals surface area (Å²) in [5.74, 6) is 2.37. The SMILES string of the molecule is CC(C)(C)[Si](C)(C)C#CC[C@H](NC(=O)CCc1ccccc1)C(N)=O. The van der Waals surface area contributed by atoms with Gasteiger partial charge < -0.3 is 11.1 Å². The summed E-state index contributed by atoms with van der Waals surface area (Å²) >= 11 is 0. The molecule has 1 aromatic carbocycles. The van der Waals surface area contributed by atoms with Crippen molar-refractivity contribution in [3.63, 3.8) is 0 Å². The smallest absolute Gasteiger partial charge is 0.240 e. The molecule has 5 heteroatoms. The highest BCUT2D eigenvalue weighted by atomic mass is 28.3. The second-order valence-electron chi connectivity index (χ2n) is 7.89. The van der Waals surface area contributed by atoms with Gasteiger partial charge in [0.1, 0.15) is 14.1 Å². The number of aryl methyl sites for hydroxylation is 1. The van der Waals surface area contributed by atoms with Crippen LogP contribution < -0.4 is 11.1 Å². The molecule has 4 nitrogen and oxygen atoms in total. The van der Waals surface area contributed by atoms with E-state index in [2.05, 4.69) is 50.6 Å². The van der Waals surface area contributed by atoms with E-state index in [1.54, 1.807) is 0 Å². The van der Waals surface area contributed by atoms with Gasteiger partial charge in [-0.25, -0.2) is 0 Å². The van der Waals surface area contributed by atoms with Crippen molar-refractivity contribution in [3.05, 3.63) is 35.9 Å². The molecule has 0 aliphatic rings. The van der Waals surface area contributed by atoms with E-state index >= 15 is 0 Å². The predicted octanol–water partition coefficient (Wildman–Crippen LogP) is 3.03. The summed E-state index contributed by atoms with van der Waals surface area (Å²) in [4.78, 5) is 23.7. The number of rotatable bonds is 6. The highest BCUT2D eigenvalue weighted by molar-refractivity contribution is 6.87. The van der Waals surface area contributed by atoms with Gasteiger partial charge in [-0.3, -0.25) is 9.59 Å². The van der Waals surface area contributed by atoms with Crippen LogP contribution in [0.25, 0.3) is 0 Å². The largest absolute Gasteiger partial charge is 0.368 e. The summed E-state index contributed by atoms with van der Waals surface area (Å²) in [5, 5.41) is 2.87. The van der Waals surface area contributed by atoms with Gasteiger partial charge >= 0.3 is 0 Å². The molecule has 0 radical (unpaired) electrons. The second kappa shape index (κ2) is 8.86. The number of benzene rings is 1. The molecule has 0 unspecified atom stereocenters. The molecule has 1 aromatic rings. The minimum Gasteiger partial charge on any atom is -0.368 e. The lowest BCUT2D eigenvalue weighted by Crippen LogP contribution is -2.44. The Labute approximate surface area is 152 Å². The Morgan fingerprint density at radius 2 is 1.80 bits per heavy atom. The minimum absolute atomic E-state index is 0.154. The van der Waals surface area contributed by atoms with E-state index < -0.39 is 20.0 Å². The maximum atomic E-state index is 12.1. The average Bonchev–Trinajstić information content (AvgIpc) is 2.51. The normalized spacial score (nSPS) is 12.7. The summed E-state index contributed by atoms with van der Waals surface area (Å²) < 4.78 is 0. The maximum absolute atomic E-state index is 12.1. The number of hydrogen-bond acceptors (Lipinski definition) is 2. The molecule has 1 rings (SSSR count). The van der Waals surface area contributed by atoms with Gasteiger partial charge in [-0.1, -0.05) is 64.2 Å². The highest BCUT2D eigenvalue weighted by Crippen LogP contribution is 2.35. The average molecular weight is 359 g/mol. The number of hydrogen-bond donors (Lipinski definition) is 2. The molecule has 0 saturated heterocycles. The van der Waals surface area contributed by atoms with E-state index in [9.17, 15) is 9.59 Å². The Balaban J connectivity index is 2.60. The zero-order valence-electron chi connectivity index (χ0n) is 16.0. The molecular weight excluding hydrogens is 328 g/mol. The van der Waals surface area contributed by atoms with Crippen molar-refractivity contribution < 1.29 is 9.59 Å². The number of nitrogens with two attached hydrogens (primary N) is 1. The molecule has 0 bridgehead atoms. The van der Waals surface area contributed by atoms with E-state index in [4.69, 9.17) is 5.73 Å². The zero-order valence-corrected chi connectivity index (χ0v) is 17.0. The third kappa shape index (κ3) is 7.14. The fourth-order valence-corrected chi connectivity index (χ4v) is 2.87. The number of carbonyl (C=O) groups is 2. The van der Waals surface area contributed by atoms with Gasteiger partial charge in [0.05, 0.1) is 0 Å². The molecular formula is C20H30N2O2Si. The molecule has 0 heterocycles. The Morgan fingerprint density at radius 3 is 2.32 bits per heavy atom. The Morgan fingerprint density at radius 1 is 1.20 bits per heavy atom. The van der Waals surface area contributed by atoms with E-state index in [1.165, 1.54) is 0 Å². The summed E-state index contributed by atoms with van der Waals surface area (Å²) in [6, 6.07) is 9.03. The van der Waals surface area contributed by atoms with Gasteiger partial charge in [-0.05, 0) is 17.0 Å². The van der Waals surface area contributed by atoms with E-state index in [0.29, 0.717) is 12.8 Å². The monoisotopic (exact) mass is 358 g/mol. The van der Waals surface area contributed by atoms with Crippen LogP contribution in [0, 0.1) is 11.5 Å². The molecule has 0 aliphatic carbocycles. The molecule has 0 aliphatic heterocycles. The van der Waals surface area contributed by atoms with Crippen LogP contribution in [0.5, 0.6) is 0 Å². The van der Waals surface area contributed by atoms with Gasteiger partial charge in [0.25, 0.3) is 0 Å². The van der Waals surface area contributed by atoms with Crippen LogP contribution in [-0.4, -0.2) is 25.9 Å². The van der Waals surface area contributed by atoms with Crippen LogP contribution in [0.3, 0.4) is 0 Å². The summed E-state index contributed by atoms with van der Waals surface area (Å²) in [6.45, 7) is 11.0. The number of carbonyl (C=O) groups excluding carboxylic acids is 2. The zero-order chi connectivity index (χ0) is 19.1. The van der Waals surface area contributed by atoms with Crippen molar-refractivity contribution >= 4 is 19.9 Å². The van der Waals surface area contributed by atoms with Gasteiger partial charge in [-0.15, -0.1) is 11.5 Å². The minimum atomic E-state index is -1.73.